The number of carbonyl (C=O) groups excluding carboxylic acids is 1. The maximum Gasteiger partial charge on any atom is 0.261 e. The molecule has 5 nitrogen and oxygen atoms in total. The van der Waals surface area contributed by atoms with Gasteiger partial charge >= 0.3 is 0 Å². The molecule has 0 atom stereocenters. The molecule has 24 heavy (non-hydrogen) atoms. The average molecular weight is 338 g/mol. The van der Waals surface area contributed by atoms with Gasteiger partial charge in [0.2, 0.25) is 5.43 Å². The van der Waals surface area contributed by atoms with Gasteiger partial charge in [0, 0.05) is 16.6 Å². The fourth-order valence-electron chi connectivity index (χ4n) is 2.46. The number of aryl methyl sites for hydroxylation is 1. The molecule has 0 fully saturated rings. The van der Waals surface area contributed by atoms with Crippen molar-refractivity contribution in [2.75, 3.05) is 5.32 Å². The summed E-state index contributed by atoms with van der Waals surface area (Å²) in [6, 6.07) is 11.8. The zero-order chi connectivity index (χ0) is 17.3. The summed E-state index contributed by atoms with van der Waals surface area (Å²) in [5.74, 6) is -0.576. The van der Waals surface area contributed by atoms with Crippen molar-refractivity contribution < 1.29 is 4.79 Å². The van der Waals surface area contributed by atoms with E-state index in [2.05, 4.69) is 10.3 Å². The quantitative estimate of drug-likeness (QED) is 0.749. The number of aromatic nitrogens is 1. The minimum absolute atomic E-state index is 0.0306. The molecule has 0 radical (unpaired) electrons. The summed E-state index contributed by atoms with van der Waals surface area (Å²) in [4.78, 5) is 28.0. The number of nitrogens with one attached hydrogen (secondary N) is 2. The van der Waals surface area contributed by atoms with E-state index in [1.165, 1.54) is 6.20 Å². The van der Waals surface area contributed by atoms with Gasteiger partial charge in [0.1, 0.15) is 11.6 Å². The second-order valence-electron chi connectivity index (χ2n) is 5.24. The SMILES string of the molecule is Cc1c(Cl)ccc2c(=O)c(C(=O)Nc3ccccc3C#N)c[nH]c12. The molecule has 0 aliphatic rings. The zero-order valence-corrected chi connectivity index (χ0v) is 13.4. The fourth-order valence-corrected chi connectivity index (χ4v) is 2.62. The van der Waals surface area contributed by atoms with Gasteiger partial charge in [0.25, 0.3) is 5.91 Å². The van der Waals surface area contributed by atoms with E-state index in [0.29, 0.717) is 27.2 Å². The lowest BCUT2D eigenvalue weighted by molar-refractivity contribution is 0.102. The number of halogens is 1. The molecule has 2 aromatic carbocycles. The van der Waals surface area contributed by atoms with E-state index >= 15 is 0 Å². The number of anilines is 1. The maximum absolute atomic E-state index is 12.6. The molecular weight excluding hydrogens is 326 g/mol. The van der Waals surface area contributed by atoms with Crippen molar-refractivity contribution in [1.29, 1.82) is 5.26 Å². The molecule has 118 valence electrons. The van der Waals surface area contributed by atoms with Gasteiger partial charge in [0.05, 0.1) is 16.8 Å². The van der Waals surface area contributed by atoms with Crippen molar-refractivity contribution in [2.24, 2.45) is 0 Å². The Morgan fingerprint density at radius 3 is 2.75 bits per heavy atom. The standard InChI is InChI=1S/C18H12ClN3O2/c1-10-14(19)7-6-12-16(10)21-9-13(17(12)23)18(24)22-15-5-3-2-4-11(15)8-20/h2-7,9H,1H3,(H,21,23)(H,22,24). The van der Waals surface area contributed by atoms with Crippen molar-refractivity contribution in [1.82, 2.24) is 4.98 Å². The Hall–Kier alpha value is -3.10. The highest BCUT2D eigenvalue weighted by Crippen LogP contribution is 2.22. The minimum atomic E-state index is -0.576. The van der Waals surface area contributed by atoms with Crippen LogP contribution in [0.2, 0.25) is 5.02 Å². The number of aromatic amines is 1. The number of carbonyl (C=O) groups is 1. The van der Waals surface area contributed by atoms with E-state index in [1.54, 1.807) is 43.3 Å². The van der Waals surface area contributed by atoms with E-state index in [-0.39, 0.29) is 5.56 Å². The highest BCUT2D eigenvalue weighted by Gasteiger charge is 2.15. The molecule has 3 aromatic rings. The van der Waals surface area contributed by atoms with Crippen LogP contribution in [-0.2, 0) is 0 Å². The smallest absolute Gasteiger partial charge is 0.261 e. The van der Waals surface area contributed by atoms with Crippen LogP contribution in [0, 0.1) is 18.3 Å². The van der Waals surface area contributed by atoms with Crippen molar-refractivity contribution in [3.63, 3.8) is 0 Å². The number of hydrogen-bond donors (Lipinski definition) is 2. The lowest BCUT2D eigenvalue weighted by Crippen LogP contribution is -2.22. The van der Waals surface area contributed by atoms with Gasteiger partial charge in [-0.25, -0.2) is 0 Å². The summed E-state index contributed by atoms with van der Waals surface area (Å²) in [6.45, 7) is 1.80. The summed E-state index contributed by atoms with van der Waals surface area (Å²) in [7, 11) is 0. The lowest BCUT2D eigenvalue weighted by Gasteiger charge is -2.08. The van der Waals surface area contributed by atoms with E-state index in [0.717, 1.165) is 5.56 Å². The van der Waals surface area contributed by atoms with Gasteiger partial charge in [0.15, 0.2) is 0 Å². The van der Waals surface area contributed by atoms with Crippen LogP contribution in [0.25, 0.3) is 10.9 Å². The topological polar surface area (TPSA) is 85.8 Å². The largest absolute Gasteiger partial charge is 0.360 e. The predicted octanol–water partition coefficient (Wildman–Crippen LogP) is 3.61. The first kappa shape index (κ1) is 15.8. The highest BCUT2D eigenvalue weighted by molar-refractivity contribution is 6.32. The molecule has 0 spiro atoms. The number of pyridine rings is 1. The number of benzene rings is 2. The molecule has 2 N–H and O–H groups in total. The molecule has 3 rings (SSSR count). The number of nitriles is 1. The zero-order valence-electron chi connectivity index (χ0n) is 12.7. The first-order valence-electron chi connectivity index (χ1n) is 7.14. The molecule has 0 saturated carbocycles. The summed E-state index contributed by atoms with van der Waals surface area (Å²) in [5, 5.41) is 12.6. The number of H-pyrrole nitrogens is 1. The third kappa shape index (κ3) is 2.64. The molecule has 6 heteroatoms. The molecule has 0 aliphatic heterocycles. The van der Waals surface area contributed by atoms with Gasteiger partial charge in [-0.2, -0.15) is 5.26 Å². The van der Waals surface area contributed by atoms with Crippen molar-refractivity contribution in [3.05, 3.63) is 74.5 Å². The van der Waals surface area contributed by atoms with Crippen molar-refractivity contribution in [2.45, 2.75) is 6.92 Å². The van der Waals surface area contributed by atoms with Gasteiger partial charge in [-0.3, -0.25) is 9.59 Å². The lowest BCUT2D eigenvalue weighted by atomic mass is 10.1. The van der Waals surface area contributed by atoms with Gasteiger partial charge < -0.3 is 10.3 Å². The Kier molecular flexibility index (Phi) is 4.07. The number of rotatable bonds is 2. The minimum Gasteiger partial charge on any atom is -0.360 e. The Labute approximate surface area is 142 Å². The Bertz CT molecular complexity index is 1060. The van der Waals surface area contributed by atoms with Gasteiger partial charge in [-0.1, -0.05) is 23.7 Å². The van der Waals surface area contributed by atoms with Gasteiger partial charge in [-0.05, 0) is 36.8 Å². The van der Waals surface area contributed by atoms with Crippen LogP contribution < -0.4 is 10.7 Å². The van der Waals surface area contributed by atoms with Crippen LogP contribution in [0.1, 0.15) is 21.5 Å². The van der Waals surface area contributed by atoms with Gasteiger partial charge in [-0.15, -0.1) is 0 Å². The molecule has 0 bridgehead atoms. The summed E-state index contributed by atoms with van der Waals surface area (Å²) in [6.07, 6.45) is 1.36. The second kappa shape index (κ2) is 6.19. The highest BCUT2D eigenvalue weighted by atomic mass is 35.5. The number of amides is 1. The van der Waals surface area contributed by atoms with Crippen LogP contribution in [-0.4, -0.2) is 10.9 Å². The van der Waals surface area contributed by atoms with E-state index in [4.69, 9.17) is 16.9 Å². The summed E-state index contributed by atoms with van der Waals surface area (Å²) < 4.78 is 0. The maximum atomic E-state index is 12.6. The molecule has 0 aliphatic carbocycles. The number of para-hydroxylation sites is 1. The molecule has 0 saturated heterocycles. The fraction of sp³-hybridized carbons (Fsp3) is 0.0556. The van der Waals surface area contributed by atoms with E-state index in [9.17, 15) is 9.59 Å². The monoisotopic (exact) mass is 337 g/mol. The third-order valence-corrected chi connectivity index (χ3v) is 4.20. The second-order valence-corrected chi connectivity index (χ2v) is 5.65. The molecule has 1 aromatic heterocycles. The van der Waals surface area contributed by atoms with E-state index < -0.39 is 11.3 Å². The van der Waals surface area contributed by atoms with Crippen LogP contribution in [0.5, 0.6) is 0 Å². The molecule has 1 amide bonds. The van der Waals surface area contributed by atoms with Crippen LogP contribution in [0.3, 0.4) is 0 Å². The van der Waals surface area contributed by atoms with E-state index in [1.807, 2.05) is 6.07 Å². The average Bonchev–Trinajstić information content (AvgIpc) is 2.59. The number of nitrogens with zero attached hydrogens (tertiary/aromatic N) is 1. The summed E-state index contributed by atoms with van der Waals surface area (Å²) >= 11 is 6.05. The van der Waals surface area contributed by atoms with Crippen molar-refractivity contribution >= 4 is 34.1 Å². The van der Waals surface area contributed by atoms with Crippen LogP contribution >= 0.6 is 11.6 Å². The molecule has 0 unspecified atom stereocenters. The van der Waals surface area contributed by atoms with Crippen LogP contribution in [0.4, 0.5) is 5.69 Å². The first-order chi connectivity index (χ1) is 11.5. The number of hydrogen-bond acceptors (Lipinski definition) is 3. The van der Waals surface area contributed by atoms with Crippen molar-refractivity contribution in [3.8, 4) is 6.07 Å². The number of fused-ring (bicyclic) bond motifs is 1. The Morgan fingerprint density at radius 2 is 2.00 bits per heavy atom. The summed E-state index contributed by atoms with van der Waals surface area (Å²) in [5.41, 5.74) is 1.60. The normalized spacial score (nSPS) is 10.4. The van der Waals surface area contributed by atoms with Crippen LogP contribution in [0.15, 0.2) is 47.4 Å². The Balaban J connectivity index is 2.05. The predicted molar refractivity (Wildman–Crippen MR) is 93.4 cm³/mol. The molecule has 1 heterocycles. The first-order valence-corrected chi connectivity index (χ1v) is 7.51. The third-order valence-electron chi connectivity index (χ3n) is 3.79. The molecular formula is C18H12ClN3O2. The Morgan fingerprint density at radius 1 is 1.25 bits per heavy atom.